The van der Waals surface area contributed by atoms with Crippen LogP contribution in [0.1, 0.15) is 19.3 Å². The minimum absolute atomic E-state index is 0.0391. The van der Waals surface area contributed by atoms with Gasteiger partial charge in [0.15, 0.2) is 0 Å². The largest absolute Gasteiger partial charge is 0.373 e. The molecule has 2 aliphatic rings. The summed E-state index contributed by atoms with van der Waals surface area (Å²) in [6.45, 7) is 0. The highest BCUT2D eigenvalue weighted by Gasteiger charge is 2.43. The molecule has 2 saturated heterocycles. The number of benzene rings is 1. The maximum atomic E-state index is 12.5. The molecule has 20 heavy (non-hydrogen) atoms. The van der Waals surface area contributed by atoms with Gasteiger partial charge in [-0.3, -0.25) is 0 Å². The summed E-state index contributed by atoms with van der Waals surface area (Å²) in [6.07, 6.45) is 2.73. The first-order chi connectivity index (χ1) is 9.37. The number of hydrogen-bond donors (Lipinski definition) is 1. The number of ether oxygens (including phenoxy) is 1. The van der Waals surface area contributed by atoms with Crippen molar-refractivity contribution in [2.75, 3.05) is 0 Å². The molecule has 1 aromatic carbocycles. The first kappa shape index (κ1) is 15.1. The van der Waals surface area contributed by atoms with Gasteiger partial charge in [-0.05, 0) is 31.4 Å². The van der Waals surface area contributed by atoms with Gasteiger partial charge in [-0.2, -0.15) is 0 Å². The average Bonchev–Trinajstić information content (AvgIpc) is 2.87. The van der Waals surface area contributed by atoms with Crippen LogP contribution >= 0.6 is 39.1 Å². The van der Waals surface area contributed by atoms with Crippen molar-refractivity contribution in [1.82, 2.24) is 4.72 Å². The zero-order valence-electron chi connectivity index (χ0n) is 10.3. The van der Waals surface area contributed by atoms with E-state index in [0.29, 0.717) is 10.9 Å². The van der Waals surface area contributed by atoms with Gasteiger partial charge in [0.25, 0.3) is 0 Å². The molecule has 3 atom stereocenters. The van der Waals surface area contributed by atoms with Gasteiger partial charge in [0.1, 0.15) is 4.90 Å². The van der Waals surface area contributed by atoms with Crippen molar-refractivity contribution in [3.05, 3.63) is 26.7 Å². The average molecular weight is 401 g/mol. The van der Waals surface area contributed by atoms with Gasteiger partial charge in [-0.1, -0.05) is 39.1 Å². The summed E-state index contributed by atoms with van der Waals surface area (Å²) in [7, 11) is -3.76. The Bertz CT molecular complexity index is 629. The Labute approximate surface area is 136 Å². The van der Waals surface area contributed by atoms with Gasteiger partial charge < -0.3 is 4.74 Å². The maximum Gasteiger partial charge on any atom is 0.243 e. The zero-order chi connectivity index (χ0) is 14.5. The molecule has 0 amide bonds. The van der Waals surface area contributed by atoms with Crippen molar-refractivity contribution >= 4 is 49.2 Å². The molecule has 3 rings (SSSR count). The van der Waals surface area contributed by atoms with E-state index in [1.54, 1.807) is 0 Å². The number of hydrogen-bond acceptors (Lipinski definition) is 3. The lowest BCUT2D eigenvalue weighted by molar-refractivity contribution is 0.0996. The van der Waals surface area contributed by atoms with Gasteiger partial charge >= 0.3 is 0 Å². The van der Waals surface area contributed by atoms with Crippen LogP contribution in [-0.2, 0) is 14.8 Å². The lowest BCUT2D eigenvalue weighted by Gasteiger charge is -2.20. The predicted octanol–water partition coefficient (Wildman–Crippen LogP) is 3.35. The van der Waals surface area contributed by atoms with Crippen LogP contribution in [0, 0.1) is 0 Å². The van der Waals surface area contributed by atoms with Gasteiger partial charge in [-0.15, -0.1) is 0 Å². The smallest absolute Gasteiger partial charge is 0.243 e. The summed E-state index contributed by atoms with van der Waals surface area (Å²) in [5.74, 6) is 0. The van der Waals surface area contributed by atoms with Crippen molar-refractivity contribution in [3.63, 3.8) is 0 Å². The van der Waals surface area contributed by atoms with Crippen LogP contribution in [0.25, 0.3) is 0 Å². The number of sulfonamides is 1. The first-order valence-electron chi connectivity index (χ1n) is 6.19. The molecular weight excluding hydrogens is 389 g/mol. The van der Waals surface area contributed by atoms with Gasteiger partial charge in [0, 0.05) is 4.47 Å². The molecule has 2 aliphatic heterocycles. The summed E-state index contributed by atoms with van der Waals surface area (Å²) in [5, 5.41) is 0.196. The van der Waals surface area contributed by atoms with E-state index in [0.717, 1.165) is 12.8 Å². The summed E-state index contributed by atoms with van der Waals surface area (Å²) >= 11 is 15.3. The number of rotatable bonds is 3. The van der Waals surface area contributed by atoms with E-state index >= 15 is 0 Å². The molecule has 8 heteroatoms. The molecule has 0 aromatic heterocycles. The Hall–Kier alpha value is 0.150. The second-order valence-corrected chi connectivity index (χ2v) is 8.42. The van der Waals surface area contributed by atoms with E-state index in [1.165, 1.54) is 12.1 Å². The van der Waals surface area contributed by atoms with E-state index in [-0.39, 0.29) is 33.2 Å². The maximum absolute atomic E-state index is 12.5. The van der Waals surface area contributed by atoms with Crippen molar-refractivity contribution in [2.45, 2.75) is 42.4 Å². The van der Waals surface area contributed by atoms with Crippen molar-refractivity contribution in [3.8, 4) is 0 Å². The van der Waals surface area contributed by atoms with E-state index in [9.17, 15) is 8.42 Å². The van der Waals surface area contributed by atoms with Crippen LogP contribution < -0.4 is 4.72 Å². The first-order valence-corrected chi connectivity index (χ1v) is 9.22. The minimum atomic E-state index is -3.76. The number of nitrogens with one attached hydrogen (secondary N) is 1. The molecular formula is C12H12BrCl2NO3S. The molecule has 3 unspecified atom stereocenters. The Morgan fingerprint density at radius 2 is 1.90 bits per heavy atom. The molecule has 0 spiro atoms. The highest BCUT2D eigenvalue weighted by atomic mass is 79.9. The Balaban J connectivity index is 1.89. The third kappa shape index (κ3) is 2.74. The van der Waals surface area contributed by atoms with Crippen molar-refractivity contribution < 1.29 is 13.2 Å². The van der Waals surface area contributed by atoms with Crippen LogP contribution in [0.15, 0.2) is 21.5 Å². The van der Waals surface area contributed by atoms with Crippen LogP contribution in [0.5, 0.6) is 0 Å². The summed E-state index contributed by atoms with van der Waals surface area (Å²) < 4.78 is 33.9. The molecule has 2 heterocycles. The van der Waals surface area contributed by atoms with E-state index in [4.69, 9.17) is 27.9 Å². The van der Waals surface area contributed by atoms with Crippen LogP contribution in [0.4, 0.5) is 0 Å². The topological polar surface area (TPSA) is 55.4 Å². The fourth-order valence-electron chi connectivity index (χ4n) is 2.81. The highest BCUT2D eigenvalue weighted by molar-refractivity contribution is 9.10. The fraction of sp³-hybridized carbons (Fsp3) is 0.500. The van der Waals surface area contributed by atoms with Gasteiger partial charge in [0.2, 0.25) is 10.0 Å². The third-order valence-electron chi connectivity index (χ3n) is 3.64. The van der Waals surface area contributed by atoms with E-state index in [2.05, 4.69) is 20.7 Å². The van der Waals surface area contributed by atoms with Crippen LogP contribution in [0.3, 0.4) is 0 Å². The number of fused-ring (bicyclic) bond motifs is 2. The SMILES string of the molecule is O=S(=O)(NC1CC2CCC1O2)c1c(Cl)cc(Br)cc1Cl. The molecule has 2 fully saturated rings. The standard InChI is InChI=1S/C12H12BrCl2NO3S/c13-6-3-8(14)12(9(15)4-6)20(17,18)16-10-5-7-1-2-11(10)19-7/h3-4,7,10-11,16H,1-2,5H2. The van der Waals surface area contributed by atoms with Crippen molar-refractivity contribution in [2.24, 2.45) is 0 Å². The Morgan fingerprint density at radius 1 is 1.25 bits per heavy atom. The second-order valence-electron chi connectivity index (χ2n) is 5.04. The molecule has 2 bridgehead atoms. The third-order valence-corrected chi connectivity index (χ3v) is 6.51. The lowest BCUT2D eigenvalue weighted by atomic mass is 9.96. The lowest BCUT2D eigenvalue weighted by Crippen LogP contribution is -2.41. The highest BCUT2D eigenvalue weighted by Crippen LogP contribution is 2.37. The molecule has 0 radical (unpaired) electrons. The second kappa shape index (κ2) is 5.41. The normalized spacial score (nSPS) is 29.1. The Kier molecular flexibility index (Phi) is 4.07. The quantitative estimate of drug-likeness (QED) is 0.846. The molecule has 0 saturated carbocycles. The summed E-state index contributed by atoms with van der Waals surface area (Å²) in [4.78, 5) is -0.0770. The minimum Gasteiger partial charge on any atom is -0.373 e. The van der Waals surface area contributed by atoms with E-state index in [1.807, 2.05) is 0 Å². The predicted molar refractivity (Wildman–Crippen MR) is 80.8 cm³/mol. The molecule has 0 aliphatic carbocycles. The number of halogens is 3. The molecule has 4 nitrogen and oxygen atoms in total. The molecule has 1 N–H and O–H groups in total. The fourth-order valence-corrected chi connectivity index (χ4v) is 6.02. The summed E-state index contributed by atoms with van der Waals surface area (Å²) in [5.41, 5.74) is 0. The zero-order valence-corrected chi connectivity index (χ0v) is 14.2. The van der Waals surface area contributed by atoms with E-state index < -0.39 is 10.0 Å². The Morgan fingerprint density at radius 3 is 2.40 bits per heavy atom. The van der Waals surface area contributed by atoms with Gasteiger partial charge in [-0.25, -0.2) is 13.1 Å². The monoisotopic (exact) mass is 399 g/mol. The summed E-state index contributed by atoms with van der Waals surface area (Å²) in [6, 6.07) is 2.83. The molecule has 1 aromatic rings. The van der Waals surface area contributed by atoms with Gasteiger partial charge in [0.05, 0.1) is 28.3 Å². The van der Waals surface area contributed by atoms with Crippen LogP contribution in [0.2, 0.25) is 10.0 Å². The van der Waals surface area contributed by atoms with Crippen LogP contribution in [-0.4, -0.2) is 26.7 Å². The molecule has 110 valence electrons. The van der Waals surface area contributed by atoms with Crippen molar-refractivity contribution in [1.29, 1.82) is 0 Å².